The van der Waals surface area contributed by atoms with Gasteiger partial charge in [-0.3, -0.25) is 9.59 Å². The van der Waals surface area contributed by atoms with Crippen LogP contribution in [-0.2, 0) is 20.7 Å². The number of rotatable bonds is 12. The van der Waals surface area contributed by atoms with Crippen LogP contribution < -0.4 is 10.6 Å². The molecule has 44 heavy (non-hydrogen) atoms. The fourth-order valence-electron chi connectivity index (χ4n) is 5.09. The van der Waals surface area contributed by atoms with Gasteiger partial charge >= 0.3 is 6.09 Å². The van der Waals surface area contributed by atoms with Crippen molar-refractivity contribution >= 4 is 35.2 Å². The first-order valence-electron chi connectivity index (χ1n) is 15.3. The minimum Gasteiger partial charge on any atom is -0.444 e. The van der Waals surface area contributed by atoms with Gasteiger partial charge in [0, 0.05) is 13.0 Å². The first-order chi connectivity index (χ1) is 20.8. The molecule has 0 aliphatic rings. The Balaban J connectivity index is 2.13. The molecule has 2 N–H and O–H groups in total. The fourth-order valence-corrected chi connectivity index (χ4v) is 5.35. The summed E-state index contributed by atoms with van der Waals surface area (Å²) in [6.07, 6.45) is 2.03. The third kappa shape index (κ3) is 9.84. The summed E-state index contributed by atoms with van der Waals surface area (Å²) in [6.45, 7) is 13.5. The number of benzene rings is 3. The van der Waals surface area contributed by atoms with Crippen LogP contribution in [0.3, 0.4) is 0 Å². The van der Waals surface area contributed by atoms with Crippen molar-refractivity contribution in [1.29, 1.82) is 0 Å². The summed E-state index contributed by atoms with van der Waals surface area (Å²) < 4.78 is 5.55. The smallest absolute Gasteiger partial charge is 0.408 e. The van der Waals surface area contributed by atoms with Crippen LogP contribution in [0.15, 0.2) is 66.7 Å². The maximum absolute atomic E-state index is 14.7. The van der Waals surface area contributed by atoms with Crippen LogP contribution in [0.4, 0.5) is 10.5 Å². The SMILES string of the molecule is CCCCCN(C(=O)C(Cc1ccccc1)NC(=O)OC(C)(C)C)C(C(=O)Nc1c(C)cccc1Cl)c1cc(C)ccc1C. The molecule has 3 rings (SSSR count). The summed E-state index contributed by atoms with van der Waals surface area (Å²) in [5.74, 6) is -0.747. The molecule has 2 unspecified atom stereocenters. The Bertz CT molecular complexity index is 1410. The van der Waals surface area contributed by atoms with Gasteiger partial charge in [0.05, 0.1) is 10.7 Å². The van der Waals surface area contributed by atoms with Gasteiger partial charge in [-0.15, -0.1) is 0 Å². The van der Waals surface area contributed by atoms with Crippen molar-refractivity contribution in [2.45, 2.75) is 91.8 Å². The molecule has 8 heteroatoms. The highest BCUT2D eigenvalue weighted by Crippen LogP contribution is 2.31. The van der Waals surface area contributed by atoms with Crippen LogP contribution in [0.2, 0.25) is 5.02 Å². The number of alkyl carbamates (subject to hydrolysis) is 1. The number of hydrogen-bond acceptors (Lipinski definition) is 4. The molecular formula is C36H46ClN3O4. The average molecular weight is 620 g/mol. The molecule has 2 atom stereocenters. The zero-order valence-electron chi connectivity index (χ0n) is 27.0. The molecule has 3 amide bonds. The van der Waals surface area contributed by atoms with Gasteiger partial charge in [0.15, 0.2) is 0 Å². The van der Waals surface area contributed by atoms with Crippen molar-refractivity contribution in [3.8, 4) is 0 Å². The number of amides is 3. The Morgan fingerprint density at radius 1 is 0.909 bits per heavy atom. The van der Waals surface area contributed by atoms with Crippen LogP contribution in [-0.4, -0.2) is 41.0 Å². The minimum absolute atomic E-state index is 0.230. The number of halogens is 1. The zero-order chi connectivity index (χ0) is 32.4. The fraction of sp³-hybridized carbons (Fsp3) is 0.417. The number of nitrogens with zero attached hydrogens (tertiary/aromatic N) is 1. The lowest BCUT2D eigenvalue weighted by Crippen LogP contribution is -2.53. The van der Waals surface area contributed by atoms with Crippen molar-refractivity contribution < 1.29 is 19.1 Å². The summed E-state index contributed by atoms with van der Waals surface area (Å²) in [4.78, 5) is 43.7. The van der Waals surface area contributed by atoms with Gasteiger partial charge in [-0.05, 0) is 76.3 Å². The van der Waals surface area contributed by atoms with Crippen molar-refractivity contribution in [2.75, 3.05) is 11.9 Å². The lowest BCUT2D eigenvalue weighted by molar-refractivity contribution is -0.140. The normalized spacial score (nSPS) is 12.6. The average Bonchev–Trinajstić information content (AvgIpc) is 2.95. The highest BCUT2D eigenvalue weighted by atomic mass is 35.5. The first kappa shape index (κ1) is 34.6. The number of para-hydroxylation sites is 1. The second kappa shape index (κ2) is 15.8. The molecule has 0 bridgehead atoms. The molecular weight excluding hydrogens is 574 g/mol. The number of hydrogen-bond donors (Lipinski definition) is 2. The van der Waals surface area contributed by atoms with E-state index in [2.05, 4.69) is 17.6 Å². The second-order valence-electron chi connectivity index (χ2n) is 12.3. The van der Waals surface area contributed by atoms with E-state index < -0.39 is 23.8 Å². The minimum atomic E-state index is -0.978. The van der Waals surface area contributed by atoms with E-state index in [1.54, 1.807) is 31.7 Å². The van der Waals surface area contributed by atoms with E-state index in [0.29, 0.717) is 29.2 Å². The van der Waals surface area contributed by atoms with Crippen LogP contribution in [0.25, 0.3) is 0 Å². The van der Waals surface area contributed by atoms with E-state index in [9.17, 15) is 14.4 Å². The molecule has 236 valence electrons. The summed E-state index contributed by atoms with van der Waals surface area (Å²) in [6, 6.07) is 18.9. The third-order valence-electron chi connectivity index (χ3n) is 7.32. The molecule has 0 aliphatic carbocycles. The largest absolute Gasteiger partial charge is 0.444 e. The molecule has 0 fully saturated rings. The number of aryl methyl sites for hydroxylation is 3. The Morgan fingerprint density at radius 3 is 2.25 bits per heavy atom. The molecule has 0 spiro atoms. The van der Waals surface area contributed by atoms with Crippen molar-refractivity contribution in [1.82, 2.24) is 10.2 Å². The quantitative estimate of drug-likeness (QED) is 0.201. The predicted octanol–water partition coefficient (Wildman–Crippen LogP) is 8.10. The molecule has 7 nitrogen and oxygen atoms in total. The van der Waals surface area contributed by atoms with E-state index >= 15 is 0 Å². The van der Waals surface area contributed by atoms with Gasteiger partial charge in [0.1, 0.15) is 17.7 Å². The number of unbranched alkanes of at least 4 members (excludes halogenated alkanes) is 2. The van der Waals surface area contributed by atoms with Crippen LogP contribution >= 0.6 is 11.6 Å². The lowest BCUT2D eigenvalue weighted by Gasteiger charge is -2.35. The number of carbonyl (C=O) groups excluding carboxylic acids is 3. The molecule has 3 aromatic rings. The van der Waals surface area contributed by atoms with Crippen molar-refractivity contribution in [3.05, 3.63) is 99.6 Å². The lowest BCUT2D eigenvalue weighted by atomic mass is 9.95. The zero-order valence-corrected chi connectivity index (χ0v) is 27.8. The van der Waals surface area contributed by atoms with Crippen LogP contribution in [0.5, 0.6) is 0 Å². The van der Waals surface area contributed by atoms with Gasteiger partial charge < -0.3 is 20.3 Å². The second-order valence-corrected chi connectivity index (χ2v) is 12.7. The monoisotopic (exact) mass is 619 g/mol. The number of nitrogens with one attached hydrogen (secondary N) is 2. The molecule has 0 aliphatic heterocycles. The van der Waals surface area contributed by atoms with Gasteiger partial charge in [-0.2, -0.15) is 0 Å². The maximum Gasteiger partial charge on any atom is 0.408 e. The highest BCUT2D eigenvalue weighted by Gasteiger charge is 2.37. The van der Waals surface area contributed by atoms with E-state index in [1.165, 1.54) is 0 Å². The number of carbonyl (C=O) groups is 3. The Morgan fingerprint density at radius 2 is 1.61 bits per heavy atom. The summed E-state index contributed by atoms with van der Waals surface area (Å²) in [5.41, 5.74) is 3.98. The Kier molecular flexibility index (Phi) is 12.4. The molecule has 0 saturated carbocycles. The van der Waals surface area contributed by atoms with E-state index in [4.69, 9.17) is 16.3 Å². The van der Waals surface area contributed by atoms with E-state index in [0.717, 1.165) is 35.1 Å². The molecule has 3 aromatic carbocycles. The molecule has 0 radical (unpaired) electrons. The van der Waals surface area contributed by atoms with Crippen LogP contribution in [0, 0.1) is 20.8 Å². The molecule has 0 saturated heterocycles. The number of anilines is 1. The van der Waals surface area contributed by atoms with Gasteiger partial charge in [0.25, 0.3) is 5.91 Å². The van der Waals surface area contributed by atoms with Gasteiger partial charge in [-0.25, -0.2) is 4.79 Å². The summed E-state index contributed by atoms with van der Waals surface area (Å²) >= 11 is 6.52. The van der Waals surface area contributed by atoms with Gasteiger partial charge in [0.2, 0.25) is 5.91 Å². The Labute approximate surface area is 267 Å². The van der Waals surface area contributed by atoms with Crippen molar-refractivity contribution in [2.24, 2.45) is 0 Å². The van der Waals surface area contributed by atoms with E-state index in [1.807, 2.05) is 81.4 Å². The topological polar surface area (TPSA) is 87.7 Å². The standard InChI is InChI=1S/C36H46ClN3O4/c1-8-9-13-21-40(34(42)30(23-27-16-11-10-12-17-27)38-35(43)44-36(5,6)7)32(28-22-24(2)19-20-25(28)3)33(41)39-31-26(4)15-14-18-29(31)37/h10-12,14-20,22,30,32H,8-9,13,21,23H2,1-7H3,(H,38,43)(H,39,41). The maximum atomic E-state index is 14.7. The summed E-state index contributed by atoms with van der Waals surface area (Å²) in [5, 5.41) is 6.27. The predicted molar refractivity (Wildman–Crippen MR) is 178 cm³/mol. The third-order valence-corrected chi connectivity index (χ3v) is 7.63. The summed E-state index contributed by atoms with van der Waals surface area (Å²) in [7, 11) is 0. The van der Waals surface area contributed by atoms with Gasteiger partial charge in [-0.1, -0.05) is 97.6 Å². The number of ether oxygens (including phenoxy) is 1. The highest BCUT2D eigenvalue weighted by molar-refractivity contribution is 6.34. The van der Waals surface area contributed by atoms with E-state index in [-0.39, 0.29) is 18.2 Å². The van der Waals surface area contributed by atoms with Crippen molar-refractivity contribution in [3.63, 3.8) is 0 Å². The molecule has 0 heterocycles. The first-order valence-corrected chi connectivity index (χ1v) is 15.7. The Hall–Kier alpha value is -3.84. The van der Waals surface area contributed by atoms with Crippen LogP contribution in [0.1, 0.15) is 80.8 Å². The molecule has 0 aromatic heterocycles.